The monoisotopic (exact) mass is 339 g/mol. The molecule has 0 radical (unpaired) electrons. The summed E-state index contributed by atoms with van der Waals surface area (Å²) in [5.74, 6) is 0.387. The molecule has 0 bridgehead atoms. The van der Waals surface area contributed by atoms with E-state index in [0.717, 1.165) is 32.5 Å². The SMILES string of the molecule is COCCN1CCOC2CCN(C(=O)c3cc(OC)no3)CCC21. The van der Waals surface area contributed by atoms with Crippen LogP contribution >= 0.6 is 0 Å². The maximum absolute atomic E-state index is 12.6. The molecule has 1 aromatic rings. The second-order valence-electron chi connectivity index (χ2n) is 6.11. The Morgan fingerprint density at radius 2 is 2.17 bits per heavy atom. The zero-order valence-electron chi connectivity index (χ0n) is 14.3. The number of carbonyl (C=O) groups is 1. The fraction of sp³-hybridized carbons (Fsp3) is 0.750. The molecule has 3 rings (SSSR count). The molecule has 2 aliphatic rings. The molecule has 2 aliphatic heterocycles. The predicted molar refractivity (Wildman–Crippen MR) is 85.2 cm³/mol. The third-order valence-corrected chi connectivity index (χ3v) is 4.77. The Morgan fingerprint density at radius 3 is 2.92 bits per heavy atom. The predicted octanol–water partition coefficient (Wildman–Crippen LogP) is 0.635. The minimum Gasteiger partial charge on any atom is -0.479 e. The molecule has 0 saturated carbocycles. The topological polar surface area (TPSA) is 77.3 Å². The van der Waals surface area contributed by atoms with Crippen molar-refractivity contribution in [3.05, 3.63) is 11.8 Å². The van der Waals surface area contributed by atoms with Crippen molar-refractivity contribution in [3.8, 4) is 5.88 Å². The average molecular weight is 339 g/mol. The van der Waals surface area contributed by atoms with Crippen molar-refractivity contribution < 1.29 is 23.5 Å². The molecule has 2 saturated heterocycles. The molecule has 8 heteroatoms. The van der Waals surface area contributed by atoms with Crippen LogP contribution in [0.3, 0.4) is 0 Å². The first-order valence-corrected chi connectivity index (χ1v) is 8.37. The number of aromatic nitrogens is 1. The molecule has 0 spiro atoms. The van der Waals surface area contributed by atoms with Crippen LogP contribution in [0.15, 0.2) is 10.6 Å². The van der Waals surface area contributed by atoms with E-state index >= 15 is 0 Å². The number of rotatable bonds is 5. The minimum atomic E-state index is -0.145. The second kappa shape index (κ2) is 7.96. The van der Waals surface area contributed by atoms with Crippen molar-refractivity contribution in [2.24, 2.45) is 0 Å². The molecule has 2 fully saturated rings. The third kappa shape index (κ3) is 3.71. The summed E-state index contributed by atoms with van der Waals surface area (Å²) in [6.45, 7) is 4.59. The Labute approximate surface area is 141 Å². The van der Waals surface area contributed by atoms with Crippen LogP contribution in [-0.4, -0.2) is 86.6 Å². The summed E-state index contributed by atoms with van der Waals surface area (Å²) in [6.07, 6.45) is 1.87. The summed E-state index contributed by atoms with van der Waals surface area (Å²) in [6, 6.07) is 1.86. The van der Waals surface area contributed by atoms with Crippen molar-refractivity contribution in [1.29, 1.82) is 0 Å². The number of amides is 1. The van der Waals surface area contributed by atoms with E-state index in [4.69, 9.17) is 18.7 Å². The maximum Gasteiger partial charge on any atom is 0.292 e. The first-order chi connectivity index (χ1) is 11.7. The number of morpholine rings is 1. The van der Waals surface area contributed by atoms with Gasteiger partial charge in [-0.2, -0.15) is 0 Å². The number of fused-ring (bicyclic) bond motifs is 1. The van der Waals surface area contributed by atoms with Gasteiger partial charge in [-0.1, -0.05) is 0 Å². The van der Waals surface area contributed by atoms with Gasteiger partial charge in [-0.15, -0.1) is 0 Å². The Hall–Kier alpha value is -1.64. The zero-order valence-corrected chi connectivity index (χ0v) is 14.3. The van der Waals surface area contributed by atoms with Gasteiger partial charge in [0.1, 0.15) is 0 Å². The highest BCUT2D eigenvalue weighted by molar-refractivity contribution is 5.91. The number of carbonyl (C=O) groups excluding carboxylic acids is 1. The Bertz CT molecular complexity index is 550. The van der Waals surface area contributed by atoms with Gasteiger partial charge >= 0.3 is 0 Å². The molecule has 1 amide bonds. The molecule has 1 aromatic heterocycles. The van der Waals surface area contributed by atoms with E-state index in [0.29, 0.717) is 31.6 Å². The van der Waals surface area contributed by atoms with Gasteiger partial charge in [-0.05, 0) is 18.0 Å². The van der Waals surface area contributed by atoms with E-state index in [1.165, 1.54) is 13.2 Å². The highest BCUT2D eigenvalue weighted by Crippen LogP contribution is 2.25. The lowest BCUT2D eigenvalue weighted by molar-refractivity contribution is -0.0761. The van der Waals surface area contributed by atoms with Crippen LogP contribution in [0.1, 0.15) is 23.4 Å². The van der Waals surface area contributed by atoms with Gasteiger partial charge in [0.05, 0.1) is 32.5 Å². The van der Waals surface area contributed by atoms with Crippen LogP contribution in [0.25, 0.3) is 0 Å². The van der Waals surface area contributed by atoms with E-state index in [1.54, 1.807) is 7.11 Å². The lowest BCUT2D eigenvalue weighted by Crippen LogP contribution is -2.52. The standard InChI is InChI=1S/C16H25N3O5/c1-21-9-7-18-8-10-23-13-4-6-19(5-3-12(13)18)16(20)14-11-15(22-2)17-24-14/h11-13H,3-10H2,1-2H3. The van der Waals surface area contributed by atoms with Crippen LogP contribution in [0.2, 0.25) is 0 Å². The molecule has 3 heterocycles. The molecule has 0 N–H and O–H groups in total. The van der Waals surface area contributed by atoms with Gasteiger partial charge in [0.2, 0.25) is 5.76 Å². The summed E-state index contributed by atoms with van der Waals surface area (Å²) in [4.78, 5) is 16.8. The van der Waals surface area contributed by atoms with Crippen molar-refractivity contribution >= 4 is 5.91 Å². The minimum absolute atomic E-state index is 0.145. The van der Waals surface area contributed by atoms with Gasteiger partial charge < -0.3 is 23.6 Å². The summed E-state index contributed by atoms with van der Waals surface area (Å²) < 4.78 is 21.2. The molecule has 0 aromatic carbocycles. The number of hydrogen-bond acceptors (Lipinski definition) is 7. The van der Waals surface area contributed by atoms with E-state index in [-0.39, 0.29) is 17.8 Å². The largest absolute Gasteiger partial charge is 0.479 e. The van der Waals surface area contributed by atoms with Gasteiger partial charge in [-0.25, -0.2) is 0 Å². The lowest BCUT2D eigenvalue weighted by atomic mass is 10.0. The van der Waals surface area contributed by atoms with Crippen LogP contribution in [-0.2, 0) is 9.47 Å². The normalized spacial score (nSPS) is 25.2. The quantitative estimate of drug-likeness (QED) is 0.779. The fourth-order valence-electron chi connectivity index (χ4n) is 3.46. The Kier molecular flexibility index (Phi) is 5.70. The van der Waals surface area contributed by atoms with Crippen molar-refractivity contribution in [3.63, 3.8) is 0 Å². The van der Waals surface area contributed by atoms with Gasteiger partial charge in [0.25, 0.3) is 11.8 Å². The fourth-order valence-corrected chi connectivity index (χ4v) is 3.46. The smallest absolute Gasteiger partial charge is 0.292 e. The molecular weight excluding hydrogens is 314 g/mol. The van der Waals surface area contributed by atoms with Crippen molar-refractivity contribution in [2.45, 2.75) is 25.0 Å². The molecule has 134 valence electrons. The summed E-state index contributed by atoms with van der Waals surface area (Å²) >= 11 is 0. The average Bonchev–Trinajstić information content (AvgIpc) is 2.99. The van der Waals surface area contributed by atoms with Gasteiger partial charge in [-0.3, -0.25) is 9.69 Å². The molecule has 8 nitrogen and oxygen atoms in total. The molecule has 2 atom stereocenters. The van der Waals surface area contributed by atoms with Gasteiger partial charge in [0.15, 0.2) is 0 Å². The molecular formula is C16H25N3O5. The van der Waals surface area contributed by atoms with E-state index in [2.05, 4.69) is 10.1 Å². The zero-order chi connectivity index (χ0) is 16.9. The van der Waals surface area contributed by atoms with Crippen LogP contribution in [0.4, 0.5) is 0 Å². The molecule has 0 aliphatic carbocycles. The van der Waals surface area contributed by atoms with Crippen molar-refractivity contribution in [2.75, 3.05) is 53.6 Å². The maximum atomic E-state index is 12.6. The first-order valence-electron chi connectivity index (χ1n) is 8.37. The summed E-state index contributed by atoms with van der Waals surface area (Å²) in [7, 11) is 3.21. The Morgan fingerprint density at radius 1 is 1.33 bits per heavy atom. The van der Waals surface area contributed by atoms with E-state index < -0.39 is 0 Å². The number of hydrogen-bond donors (Lipinski definition) is 0. The van der Waals surface area contributed by atoms with Crippen molar-refractivity contribution in [1.82, 2.24) is 15.0 Å². The highest BCUT2D eigenvalue weighted by Gasteiger charge is 2.36. The number of likely N-dealkylation sites (tertiary alicyclic amines) is 1. The van der Waals surface area contributed by atoms with E-state index in [9.17, 15) is 4.79 Å². The number of methoxy groups -OCH3 is 2. The molecule has 24 heavy (non-hydrogen) atoms. The summed E-state index contributed by atoms with van der Waals surface area (Å²) in [5, 5.41) is 3.70. The molecule has 2 unspecified atom stereocenters. The first kappa shape index (κ1) is 17.2. The van der Waals surface area contributed by atoms with E-state index in [1.807, 2.05) is 4.90 Å². The van der Waals surface area contributed by atoms with Crippen LogP contribution < -0.4 is 4.74 Å². The highest BCUT2D eigenvalue weighted by atomic mass is 16.5. The summed E-state index contributed by atoms with van der Waals surface area (Å²) in [5.41, 5.74) is 0. The number of ether oxygens (including phenoxy) is 3. The van der Waals surface area contributed by atoms with Crippen LogP contribution in [0.5, 0.6) is 5.88 Å². The third-order valence-electron chi connectivity index (χ3n) is 4.77. The second-order valence-corrected chi connectivity index (χ2v) is 6.11. The van der Waals surface area contributed by atoms with Crippen LogP contribution in [0, 0.1) is 0 Å². The number of nitrogens with zero attached hydrogens (tertiary/aromatic N) is 3. The van der Waals surface area contributed by atoms with Gasteiger partial charge in [0, 0.05) is 39.3 Å². The lowest BCUT2D eigenvalue weighted by Gasteiger charge is -2.40. The Balaban J connectivity index is 1.64.